The summed E-state index contributed by atoms with van der Waals surface area (Å²) in [5, 5.41) is 23.4. The lowest BCUT2D eigenvalue weighted by Gasteiger charge is -2.50. The number of likely N-dealkylation sites (N-methyl/N-ethyl adjacent to an activating group) is 2. The molecular weight excluding hydrogens is 392 g/mol. The molecular formula is C16H26N4O7S. The lowest BCUT2D eigenvalue weighted by Crippen LogP contribution is -2.57. The number of amides is 4. The Balaban J connectivity index is 2.53. The van der Waals surface area contributed by atoms with Gasteiger partial charge in [-0.05, 0) is 13.8 Å². The van der Waals surface area contributed by atoms with Crippen molar-refractivity contribution in [2.24, 2.45) is 0 Å². The molecule has 0 saturated carbocycles. The van der Waals surface area contributed by atoms with Crippen LogP contribution in [0.25, 0.3) is 0 Å². The topological polar surface area (TPSA) is 156 Å². The van der Waals surface area contributed by atoms with Crippen molar-refractivity contribution in [2.75, 3.05) is 33.1 Å². The van der Waals surface area contributed by atoms with Gasteiger partial charge in [-0.15, -0.1) is 10.0 Å². The van der Waals surface area contributed by atoms with Crippen LogP contribution in [0.4, 0.5) is 4.79 Å². The van der Waals surface area contributed by atoms with E-state index in [0.29, 0.717) is 0 Å². The second-order valence-electron chi connectivity index (χ2n) is 7.19. The zero-order chi connectivity index (χ0) is 21.4. The number of carboxylic acids is 1. The smallest absolute Gasteiger partial charge is 0.327 e. The van der Waals surface area contributed by atoms with Crippen LogP contribution in [0, 0.1) is 0 Å². The lowest BCUT2D eigenvalue weighted by atomic mass is 9.98. The number of nitrogens with zero attached hydrogens (tertiary/aromatic N) is 2. The van der Waals surface area contributed by atoms with Crippen molar-refractivity contribution in [1.82, 2.24) is 20.4 Å². The molecule has 4 amide bonds. The number of carbonyl (C=O) groups excluding carboxylic acids is 4. The molecule has 1 unspecified atom stereocenters. The Morgan fingerprint density at radius 3 is 2.00 bits per heavy atom. The normalized spacial score (nSPS) is 29.8. The molecule has 4 N–H and O–H groups in total. The number of hydrogen-bond acceptors (Lipinski definition) is 6. The Morgan fingerprint density at radius 2 is 1.68 bits per heavy atom. The molecule has 2 heterocycles. The van der Waals surface area contributed by atoms with Crippen LogP contribution in [0.3, 0.4) is 0 Å². The van der Waals surface area contributed by atoms with Crippen LogP contribution in [0.1, 0.15) is 20.3 Å². The number of nitrogens with one attached hydrogen (secondary N) is 2. The van der Waals surface area contributed by atoms with Crippen LogP contribution in [-0.2, 0) is 19.2 Å². The quantitative estimate of drug-likeness (QED) is 0.381. The molecule has 158 valence electrons. The summed E-state index contributed by atoms with van der Waals surface area (Å²) in [4.78, 5) is 63.6. The Bertz CT molecular complexity index is 710. The second kappa shape index (κ2) is 7.59. The number of rotatable bonds is 6. The minimum absolute atomic E-state index is 0.0529. The summed E-state index contributed by atoms with van der Waals surface area (Å²) >= 11 is 0. The predicted octanol–water partition coefficient (Wildman–Crippen LogP) is -1.54. The first-order valence-corrected chi connectivity index (χ1v) is 10.5. The number of β-lactam (4-membered cyclic amide) rings is 1. The largest absolute Gasteiger partial charge is 0.480 e. The van der Waals surface area contributed by atoms with Gasteiger partial charge in [0.05, 0.1) is 17.7 Å². The Morgan fingerprint density at radius 1 is 1.18 bits per heavy atom. The van der Waals surface area contributed by atoms with Gasteiger partial charge in [-0.25, -0.2) is 4.79 Å². The van der Waals surface area contributed by atoms with E-state index < -0.39 is 74.1 Å². The van der Waals surface area contributed by atoms with Crippen LogP contribution in [0.5, 0.6) is 0 Å². The number of aliphatic hydroxyl groups excluding tert-OH is 1. The molecule has 0 radical (unpaired) electrons. The number of fused-ring (bicyclic) bond motifs is 1. The number of aliphatic hydroxyl groups is 1. The minimum Gasteiger partial charge on any atom is -0.480 e. The fraction of sp³-hybridized carbons (Fsp3) is 0.688. The highest BCUT2D eigenvalue weighted by molar-refractivity contribution is 8.46. The summed E-state index contributed by atoms with van der Waals surface area (Å²) in [5.74, 6) is -3.34. The fourth-order valence-corrected chi connectivity index (χ4v) is 8.17. The average Bonchev–Trinajstić information content (AvgIpc) is 2.80. The van der Waals surface area contributed by atoms with Crippen LogP contribution < -0.4 is 10.6 Å². The molecule has 2 aliphatic heterocycles. The molecule has 0 bridgehead atoms. The van der Waals surface area contributed by atoms with Gasteiger partial charge in [0.15, 0.2) is 0 Å². The van der Waals surface area contributed by atoms with Crippen molar-refractivity contribution in [3.05, 3.63) is 0 Å². The molecule has 11 nitrogen and oxygen atoms in total. The summed E-state index contributed by atoms with van der Waals surface area (Å²) in [6, 6.07) is -1.27. The van der Waals surface area contributed by atoms with Gasteiger partial charge < -0.3 is 30.6 Å². The van der Waals surface area contributed by atoms with Gasteiger partial charge in [0, 0.05) is 18.8 Å². The summed E-state index contributed by atoms with van der Waals surface area (Å²) in [6.07, 6.45) is -0.0529. The third-order valence-electron chi connectivity index (χ3n) is 5.52. The molecule has 0 aromatic rings. The minimum atomic E-state index is -2.82. The summed E-state index contributed by atoms with van der Waals surface area (Å²) in [5.41, 5.74) is 0. The van der Waals surface area contributed by atoms with Gasteiger partial charge in [0.2, 0.25) is 17.7 Å². The van der Waals surface area contributed by atoms with Gasteiger partial charge in [0.25, 0.3) is 5.24 Å². The molecule has 2 rings (SSSR count). The van der Waals surface area contributed by atoms with Crippen LogP contribution in [-0.4, -0.2) is 98.2 Å². The number of carboxylic acid groups (broad SMARTS) is 1. The van der Waals surface area contributed by atoms with Crippen LogP contribution in [0.2, 0.25) is 0 Å². The molecule has 3 atom stereocenters. The maximum atomic E-state index is 13.6. The van der Waals surface area contributed by atoms with E-state index in [1.165, 1.54) is 14.1 Å². The molecule has 0 aromatic carbocycles. The molecule has 2 saturated heterocycles. The van der Waals surface area contributed by atoms with Gasteiger partial charge >= 0.3 is 5.97 Å². The van der Waals surface area contributed by atoms with Crippen LogP contribution >= 0.6 is 10.0 Å². The van der Waals surface area contributed by atoms with Gasteiger partial charge in [-0.2, -0.15) is 0 Å². The summed E-state index contributed by atoms with van der Waals surface area (Å²) in [6.45, 7) is 2.23. The third-order valence-corrected chi connectivity index (χ3v) is 10.2. The van der Waals surface area contributed by atoms with Gasteiger partial charge in [0.1, 0.15) is 19.1 Å². The standard InChI is InChI=1S/C16H26N4O7S/c1-16(2)13(14(25)26)20-11(24)5-12(20)28(16,8-21)15(27)19(6-9(22)17-3)7-10(23)18-4/h12-13,21H,5-8H2,1-4H3,(H,17,22)(H,18,23)(H,25,26)/t12-,13+/m1/s1. The van der Waals surface area contributed by atoms with Gasteiger partial charge in [-0.3, -0.25) is 19.2 Å². The van der Waals surface area contributed by atoms with Gasteiger partial charge in [-0.1, -0.05) is 0 Å². The fourth-order valence-electron chi connectivity index (χ4n) is 3.92. The highest BCUT2D eigenvalue weighted by atomic mass is 32.3. The van der Waals surface area contributed by atoms with Crippen molar-refractivity contribution in [3.8, 4) is 0 Å². The van der Waals surface area contributed by atoms with Crippen molar-refractivity contribution < 1.29 is 34.2 Å². The van der Waals surface area contributed by atoms with E-state index in [4.69, 9.17) is 0 Å². The third kappa shape index (κ3) is 3.00. The predicted molar refractivity (Wildman–Crippen MR) is 101 cm³/mol. The maximum absolute atomic E-state index is 13.6. The van der Waals surface area contributed by atoms with Crippen LogP contribution in [0.15, 0.2) is 0 Å². The maximum Gasteiger partial charge on any atom is 0.327 e. The van der Waals surface area contributed by atoms with E-state index in [-0.39, 0.29) is 6.42 Å². The van der Waals surface area contributed by atoms with Crippen molar-refractivity contribution in [2.45, 2.75) is 36.4 Å². The molecule has 0 spiro atoms. The molecule has 0 aliphatic carbocycles. The zero-order valence-electron chi connectivity index (χ0n) is 16.2. The highest BCUT2D eigenvalue weighted by Crippen LogP contribution is 2.74. The zero-order valence-corrected chi connectivity index (χ0v) is 17.0. The first-order valence-electron chi connectivity index (χ1n) is 8.64. The lowest BCUT2D eigenvalue weighted by molar-refractivity contribution is -0.157. The Labute approximate surface area is 163 Å². The number of hydrogen-bond donors (Lipinski definition) is 4. The molecule has 12 heteroatoms. The average molecular weight is 418 g/mol. The van der Waals surface area contributed by atoms with Crippen molar-refractivity contribution in [3.63, 3.8) is 0 Å². The monoisotopic (exact) mass is 418 g/mol. The second-order valence-corrected chi connectivity index (χ2v) is 11.0. The summed E-state index contributed by atoms with van der Waals surface area (Å²) in [7, 11) is -0.0627. The molecule has 2 fully saturated rings. The van der Waals surface area contributed by atoms with E-state index in [1.54, 1.807) is 13.8 Å². The van der Waals surface area contributed by atoms with E-state index in [9.17, 15) is 34.2 Å². The molecule has 2 aliphatic rings. The number of aliphatic carboxylic acids is 1. The molecule has 28 heavy (non-hydrogen) atoms. The highest BCUT2D eigenvalue weighted by Gasteiger charge is 2.72. The first-order chi connectivity index (χ1) is 13.0. The SMILES string of the molecule is CNC(=O)CN(CC(=O)NC)C(=O)S1(CO)[C@@H]2CC(=O)N2[C@@H](C(=O)O)C1(C)C. The van der Waals surface area contributed by atoms with E-state index in [0.717, 1.165) is 9.80 Å². The van der Waals surface area contributed by atoms with Crippen molar-refractivity contribution >= 4 is 39.0 Å². The van der Waals surface area contributed by atoms with E-state index >= 15 is 0 Å². The first kappa shape index (κ1) is 22.0. The molecule has 0 aromatic heterocycles. The number of carbonyl (C=O) groups is 5. The van der Waals surface area contributed by atoms with Crippen molar-refractivity contribution in [1.29, 1.82) is 0 Å². The Kier molecular flexibility index (Phi) is 5.95. The Hall–Kier alpha value is -2.34. The summed E-state index contributed by atoms with van der Waals surface area (Å²) < 4.78 is -1.26. The van der Waals surface area contributed by atoms with E-state index in [1.807, 2.05) is 0 Å². The van der Waals surface area contributed by atoms with E-state index in [2.05, 4.69) is 10.6 Å².